The Hall–Kier alpha value is -0.680. The third-order valence-corrected chi connectivity index (χ3v) is 4.41. The van der Waals surface area contributed by atoms with Crippen LogP contribution in [0.15, 0.2) is 0 Å². The van der Waals surface area contributed by atoms with Gasteiger partial charge in [-0.1, -0.05) is 0 Å². The number of nitrogens with zero attached hydrogens (tertiary/aromatic N) is 3. The van der Waals surface area contributed by atoms with Crippen LogP contribution in [0.3, 0.4) is 0 Å². The van der Waals surface area contributed by atoms with E-state index in [1.165, 1.54) is 50.3 Å². The third-order valence-electron chi connectivity index (χ3n) is 3.68. The molecule has 0 radical (unpaired) electrons. The van der Waals surface area contributed by atoms with Crippen molar-refractivity contribution in [2.45, 2.75) is 44.7 Å². The Morgan fingerprint density at radius 2 is 2.31 bits per heavy atom. The first-order chi connectivity index (χ1) is 7.81. The third kappa shape index (κ3) is 2.06. The summed E-state index contributed by atoms with van der Waals surface area (Å²) in [5.41, 5.74) is 0. The van der Waals surface area contributed by atoms with Gasteiger partial charge in [-0.25, -0.2) is 4.98 Å². The molecule has 2 saturated heterocycles. The molecule has 16 heavy (non-hydrogen) atoms. The normalized spacial score (nSPS) is 30.3. The molecule has 5 heteroatoms. The van der Waals surface area contributed by atoms with Crippen LogP contribution in [-0.2, 0) is 0 Å². The van der Waals surface area contributed by atoms with Gasteiger partial charge < -0.3 is 10.2 Å². The molecule has 0 bridgehead atoms. The summed E-state index contributed by atoms with van der Waals surface area (Å²) in [6, 6.07) is 1.42. The Bertz CT molecular complexity index is 365. The van der Waals surface area contributed by atoms with Gasteiger partial charge in [-0.3, -0.25) is 0 Å². The summed E-state index contributed by atoms with van der Waals surface area (Å²) in [4.78, 5) is 7.02. The summed E-state index contributed by atoms with van der Waals surface area (Å²) in [6.45, 7) is 4.51. The molecule has 2 aliphatic rings. The Balaban J connectivity index is 1.60. The molecule has 0 aromatic carbocycles. The number of rotatable bonds is 2. The first-order valence-corrected chi connectivity index (χ1v) is 6.89. The van der Waals surface area contributed by atoms with Gasteiger partial charge in [0.05, 0.1) is 0 Å². The number of hydrogen-bond acceptors (Lipinski definition) is 5. The van der Waals surface area contributed by atoms with Gasteiger partial charge >= 0.3 is 0 Å². The molecule has 3 rings (SSSR count). The van der Waals surface area contributed by atoms with Crippen LogP contribution in [0.4, 0.5) is 5.13 Å². The topological polar surface area (TPSA) is 41.1 Å². The second kappa shape index (κ2) is 4.30. The number of aryl methyl sites for hydroxylation is 1. The molecule has 2 atom stereocenters. The van der Waals surface area contributed by atoms with Gasteiger partial charge in [0.25, 0.3) is 0 Å². The molecule has 4 nitrogen and oxygen atoms in total. The van der Waals surface area contributed by atoms with Crippen LogP contribution in [0.1, 0.15) is 31.5 Å². The Morgan fingerprint density at radius 3 is 3.12 bits per heavy atom. The number of fused-ring (bicyclic) bond motifs is 1. The second-order valence-corrected chi connectivity index (χ2v) is 5.60. The van der Waals surface area contributed by atoms with Crippen molar-refractivity contribution >= 4 is 16.7 Å². The fraction of sp³-hybridized carbons (Fsp3) is 0.818. The Labute approximate surface area is 100 Å². The zero-order valence-electron chi connectivity index (χ0n) is 9.65. The van der Waals surface area contributed by atoms with Crippen molar-refractivity contribution in [3.8, 4) is 0 Å². The minimum absolute atomic E-state index is 0.603. The van der Waals surface area contributed by atoms with Crippen LogP contribution in [0.25, 0.3) is 0 Å². The van der Waals surface area contributed by atoms with E-state index in [-0.39, 0.29) is 0 Å². The van der Waals surface area contributed by atoms with Gasteiger partial charge in [-0.2, -0.15) is 4.37 Å². The molecule has 1 aromatic rings. The summed E-state index contributed by atoms with van der Waals surface area (Å²) in [6.07, 6.45) is 5.29. The van der Waals surface area contributed by atoms with E-state index in [1.807, 2.05) is 6.92 Å². The zero-order valence-corrected chi connectivity index (χ0v) is 10.5. The molecular weight excluding hydrogens is 220 g/mol. The van der Waals surface area contributed by atoms with Crippen LogP contribution in [0.5, 0.6) is 0 Å². The number of aromatic nitrogens is 2. The predicted molar refractivity (Wildman–Crippen MR) is 65.9 cm³/mol. The van der Waals surface area contributed by atoms with Gasteiger partial charge in [-0.15, -0.1) is 0 Å². The number of piperidine rings is 1. The smallest absolute Gasteiger partial charge is 0.202 e. The summed E-state index contributed by atoms with van der Waals surface area (Å²) in [7, 11) is 0. The van der Waals surface area contributed by atoms with E-state index in [0.717, 1.165) is 17.0 Å². The van der Waals surface area contributed by atoms with Crippen molar-refractivity contribution in [1.82, 2.24) is 14.3 Å². The van der Waals surface area contributed by atoms with E-state index >= 15 is 0 Å². The Morgan fingerprint density at radius 1 is 1.38 bits per heavy atom. The van der Waals surface area contributed by atoms with Crippen LogP contribution >= 0.6 is 11.5 Å². The molecule has 0 spiro atoms. The lowest BCUT2D eigenvalue weighted by Gasteiger charge is -2.34. The molecule has 1 N–H and O–H groups in total. The van der Waals surface area contributed by atoms with E-state index in [2.05, 4.69) is 19.6 Å². The lowest BCUT2D eigenvalue weighted by atomic mass is 9.98. The second-order valence-electron chi connectivity index (χ2n) is 4.84. The number of anilines is 1. The molecule has 0 saturated carbocycles. The fourth-order valence-corrected chi connectivity index (χ4v) is 3.54. The van der Waals surface area contributed by atoms with Crippen LogP contribution < -0.4 is 5.32 Å². The summed E-state index contributed by atoms with van der Waals surface area (Å²) < 4.78 is 4.21. The average molecular weight is 238 g/mol. The van der Waals surface area contributed by atoms with E-state index in [9.17, 15) is 0 Å². The quantitative estimate of drug-likeness (QED) is 0.854. The highest BCUT2D eigenvalue weighted by molar-refractivity contribution is 7.09. The van der Waals surface area contributed by atoms with Crippen molar-refractivity contribution in [1.29, 1.82) is 0 Å². The fourth-order valence-electron chi connectivity index (χ4n) is 2.89. The molecule has 3 heterocycles. The lowest BCUT2D eigenvalue weighted by Crippen LogP contribution is -2.42. The van der Waals surface area contributed by atoms with Gasteiger partial charge in [0.15, 0.2) is 0 Å². The number of nitrogens with one attached hydrogen (secondary N) is 1. The first kappa shape index (κ1) is 10.5. The molecule has 2 fully saturated rings. The molecule has 0 aliphatic carbocycles. The van der Waals surface area contributed by atoms with E-state index in [0.29, 0.717) is 6.04 Å². The SMILES string of the molecule is Cc1nsc(NC2CCN3CCCC3C2)n1. The highest BCUT2D eigenvalue weighted by Gasteiger charge is 2.31. The summed E-state index contributed by atoms with van der Waals surface area (Å²) in [5, 5.41) is 4.53. The minimum atomic E-state index is 0.603. The zero-order chi connectivity index (χ0) is 11.0. The maximum atomic E-state index is 4.37. The molecule has 0 amide bonds. The van der Waals surface area contributed by atoms with Crippen LogP contribution in [0.2, 0.25) is 0 Å². The summed E-state index contributed by atoms with van der Waals surface area (Å²) in [5.74, 6) is 0.880. The maximum Gasteiger partial charge on any atom is 0.202 e. The Kier molecular flexibility index (Phi) is 2.81. The highest BCUT2D eigenvalue weighted by atomic mass is 32.1. The maximum absolute atomic E-state index is 4.37. The largest absolute Gasteiger partial charge is 0.357 e. The monoisotopic (exact) mass is 238 g/mol. The highest BCUT2D eigenvalue weighted by Crippen LogP contribution is 2.28. The molecule has 2 aliphatic heterocycles. The van der Waals surface area contributed by atoms with Crippen LogP contribution in [0, 0.1) is 6.92 Å². The van der Waals surface area contributed by atoms with Gasteiger partial charge in [0.1, 0.15) is 5.82 Å². The van der Waals surface area contributed by atoms with Crippen molar-refractivity contribution in [3.63, 3.8) is 0 Å². The first-order valence-electron chi connectivity index (χ1n) is 6.12. The summed E-state index contributed by atoms with van der Waals surface area (Å²) >= 11 is 1.48. The van der Waals surface area contributed by atoms with E-state index in [1.54, 1.807) is 0 Å². The van der Waals surface area contributed by atoms with Crippen molar-refractivity contribution in [3.05, 3.63) is 5.82 Å². The van der Waals surface area contributed by atoms with Crippen molar-refractivity contribution in [2.24, 2.45) is 0 Å². The van der Waals surface area contributed by atoms with Crippen molar-refractivity contribution in [2.75, 3.05) is 18.4 Å². The molecule has 88 valence electrons. The molecular formula is C11H18N4S. The molecule has 2 unspecified atom stereocenters. The van der Waals surface area contributed by atoms with E-state index in [4.69, 9.17) is 0 Å². The molecule has 1 aromatic heterocycles. The van der Waals surface area contributed by atoms with Gasteiger partial charge in [0.2, 0.25) is 5.13 Å². The van der Waals surface area contributed by atoms with Crippen molar-refractivity contribution < 1.29 is 0 Å². The lowest BCUT2D eigenvalue weighted by molar-refractivity contribution is 0.188. The number of hydrogen-bond donors (Lipinski definition) is 1. The average Bonchev–Trinajstić information content (AvgIpc) is 2.87. The van der Waals surface area contributed by atoms with Gasteiger partial charge in [-0.05, 0) is 39.2 Å². The predicted octanol–water partition coefficient (Wildman–Crippen LogP) is 1.89. The van der Waals surface area contributed by atoms with Crippen LogP contribution in [-0.4, -0.2) is 39.4 Å². The van der Waals surface area contributed by atoms with Gasteiger partial charge in [0, 0.05) is 30.2 Å². The van der Waals surface area contributed by atoms with E-state index < -0.39 is 0 Å². The standard InChI is InChI=1S/C11H18N4S/c1-8-12-11(16-14-8)13-9-4-6-15-5-2-3-10(15)7-9/h9-10H,2-7H2,1H3,(H,12,13,14). The minimum Gasteiger partial charge on any atom is -0.357 e.